The zero-order chi connectivity index (χ0) is 34.9. The second-order valence-electron chi connectivity index (χ2n) is 13.5. The van der Waals surface area contributed by atoms with Gasteiger partial charge in [-0.05, 0) is 79.4 Å². The van der Waals surface area contributed by atoms with Crippen LogP contribution in [-0.4, -0.2) is 81.9 Å². The third kappa shape index (κ3) is 7.15. The SMILES string of the molecule is COc1ccc2c(O[C@@H]3C[C@H]4C(=O)N[C@]5(C(=O)O)C[C@H]5C=CCCCCC[C@H](NC(=O)OC5CCCC5)C(=O)N4C3)cc(=O)n(C)c2c1Br. The van der Waals surface area contributed by atoms with Crippen molar-refractivity contribution in [2.24, 2.45) is 13.0 Å². The van der Waals surface area contributed by atoms with Crippen LogP contribution >= 0.6 is 15.9 Å². The van der Waals surface area contributed by atoms with Crippen molar-refractivity contribution in [1.29, 1.82) is 0 Å². The number of allylic oxidation sites excluding steroid dienone is 1. The lowest BCUT2D eigenvalue weighted by Crippen LogP contribution is -2.56. The fraction of sp³-hybridized carbons (Fsp3) is 0.571. The first-order valence-corrected chi connectivity index (χ1v) is 17.8. The van der Waals surface area contributed by atoms with E-state index in [4.69, 9.17) is 14.2 Å². The number of nitrogens with one attached hydrogen (secondary N) is 2. The summed E-state index contributed by atoms with van der Waals surface area (Å²) >= 11 is 3.54. The van der Waals surface area contributed by atoms with Gasteiger partial charge >= 0.3 is 12.1 Å². The van der Waals surface area contributed by atoms with E-state index < -0.39 is 47.6 Å². The van der Waals surface area contributed by atoms with Crippen LogP contribution in [0.5, 0.6) is 11.5 Å². The van der Waals surface area contributed by atoms with Crippen molar-refractivity contribution < 1.29 is 38.5 Å². The van der Waals surface area contributed by atoms with Crippen LogP contribution in [0.2, 0.25) is 0 Å². The second kappa shape index (κ2) is 14.4. The monoisotopic (exact) mass is 742 g/mol. The number of ether oxygens (including phenoxy) is 3. The summed E-state index contributed by atoms with van der Waals surface area (Å²) in [4.78, 5) is 68.1. The summed E-state index contributed by atoms with van der Waals surface area (Å²) in [5, 5.41) is 16.3. The molecule has 0 spiro atoms. The Kier molecular flexibility index (Phi) is 10.2. The molecule has 6 rings (SSSR count). The van der Waals surface area contributed by atoms with Gasteiger partial charge in [0.15, 0.2) is 0 Å². The molecule has 0 unspecified atom stereocenters. The molecule has 3 N–H and O–H groups in total. The maximum atomic E-state index is 14.3. The number of carboxylic acid groups (broad SMARTS) is 1. The highest BCUT2D eigenvalue weighted by Crippen LogP contribution is 2.45. The quantitative estimate of drug-likeness (QED) is 0.369. The number of methoxy groups -OCH3 is 1. The molecule has 14 heteroatoms. The van der Waals surface area contributed by atoms with Crippen molar-refractivity contribution in [3.8, 4) is 11.5 Å². The Bertz CT molecular complexity index is 1720. The lowest BCUT2D eigenvalue weighted by atomic mass is 10.0. The van der Waals surface area contributed by atoms with E-state index in [1.54, 1.807) is 19.2 Å². The number of hydrogen-bond acceptors (Lipinski definition) is 8. The standard InChI is InChI=1S/C35H43BrN4O9/c1-39-28(41)17-27(23-14-15-26(47-2)29(36)30(23)39)48-22-16-25-31(42)38-35(33(44)45)18-20(35)10-6-4-3-5-7-13-24(32(43)40(25)19-22)37-34(46)49-21-11-8-9-12-21/h6,10,14-15,17,20-22,24-25H,3-5,7-9,11-13,16,18-19H2,1-2H3,(H,37,46)(H,38,42)(H,44,45)/t20-,22-,24+,25+,35-/m1/s1. The predicted molar refractivity (Wildman–Crippen MR) is 182 cm³/mol. The molecule has 5 atom stereocenters. The highest BCUT2D eigenvalue weighted by molar-refractivity contribution is 9.10. The number of carbonyl (C=O) groups excluding carboxylic acids is 3. The van der Waals surface area contributed by atoms with Crippen LogP contribution in [0.15, 0.2) is 39.6 Å². The highest BCUT2D eigenvalue weighted by Gasteiger charge is 2.61. The summed E-state index contributed by atoms with van der Waals surface area (Å²) in [6, 6.07) is 2.84. The maximum Gasteiger partial charge on any atom is 0.408 e. The first-order chi connectivity index (χ1) is 23.5. The Morgan fingerprint density at radius 1 is 1.04 bits per heavy atom. The number of amides is 3. The lowest BCUT2D eigenvalue weighted by Gasteiger charge is -2.29. The fourth-order valence-corrected chi connectivity index (χ4v) is 8.16. The van der Waals surface area contributed by atoms with Gasteiger partial charge in [0.2, 0.25) is 11.8 Å². The molecule has 0 bridgehead atoms. The molecule has 1 aromatic heterocycles. The molecule has 3 fully saturated rings. The molecule has 1 saturated heterocycles. The van der Waals surface area contributed by atoms with Crippen LogP contribution in [0.25, 0.3) is 10.9 Å². The molecule has 2 aliphatic carbocycles. The predicted octanol–water partition coefficient (Wildman–Crippen LogP) is 4.18. The van der Waals surface area contributed by atoms with Crippen molar-refractivity contribution >= 4 is 50.7 Å². The van der Waals surface area contributed by atoms with E-state index in [1.807, 2.05) is 12.2 Å². The average Bonchev–Trinajstić information content (AvgIpc) is 3.35. The number of nitrogens with zero attached hydrogens (tertiary/aromatic N) is 2. The summed E-state index contributed by atoms with van der Waals surface area (Å²) in [5.41, 5.74) is -1.25. The summed E-state index contributed by atoms with van der Waals surface area (Å²) in [7, 11) is 3.16. The Hall–Kier alpha value is -4.07. The molecule has 3 amide bonds. The van der Waals surface area contributed by atoms with Gasteiger partial charge in [-0.1, -0.05) is 25.0 Å². The minimum atomic E-state index is -1.46. The number of halogens is 1. The van der Waals surface area contributed by atoms with Crippen LogP contribution in [0.1, 0.15) is 70.6 Å². The van der Waals surface area contributed by atoms with Gasteiger partial charge < -0.3 is 39.4 Å². The zero-order valence-corrected chi connectivity index (χ0v) is 29.3. The third-order valence-electron chi connectivity index (χ3n) is 10.3. The van der Waals surface area contributed by atoms with Gasteiger partial charge in [-0.25, -0.2) is 9.59 Å². The molecule has 2 saturated carbocycles. The minimum Gasteiger partial charge on any atom is -0.495 e. The lowest BCUT2D eigenvalue weighted by molar-refractivity contribution is -0.145. The molecular formula is C35H43BrN4O9. The van der Waals surface area contributed by atoms with Gasteiger partial charge in [0.1, 0.15) is 41.3 Å². The first kappa shape index (κ1) is 34.8. The van der Waals surface area contributed by atoms with Crippen LogP contribution < -0.4 is 25.7 Å². The maximum absolute atomic E-state index is 14.3. The van der Waals surface area contributed by atoms with Crippen LogP contribution in [-0.2, 0) is 26.2 Å². The molecule has 2 aromatic rings. The van der Waals surface area contributed by atoms with E-state index in [1.165, 1.54) is 22.6 Å². The largest absolute Gasteiger partial charge is 0.495 e. The molecule has 1 aromatic carbocycles. The molecule has 3 heterocycles. The summed E-state index contributed by atoms with van der Waals surface area (Å²) in [6.45, 7) is -0.0236. The molecular weight excluding hydrogens is 700 g/mol. The smallest absolute Gasteiger partial charge is 0.408 e. The zero-order valence-electron chi connectivity index (χ0n) is 27.7. The third-order valence-corrected chi connectivity index (χ3v) is 11.0. The number of carbonyl (C=O) groups is 4. The topological polar surface area (TPSA) is 166 Å². The van der Waals surface area contributed by atoms with E-state index in [-0.39, 0.29) is 42.7 Å². The average molecular weight is 744 g/mol. The van der Waals surface area contributed by atoms with Gasteiger partial charge in [-0.3, -0.25) is 14.4 Å². The van der Waals surface area contributed by atoms with Crippen LogP contribution in [0.4, 0.5) is 4.79 Å². The number of alkyl carbamates (subject to hydrolysis) is 1. The first-order valence-electron chi connectivity index (χ1n) is 17.0. The van der Waals surface area contributed by atoms with Gasteiger partial charge in [-0.2, -0.15) is 0 Å². The number of aliphatic carboxylic acids is 1. The van der Waals surface area contributed by atoms with Crippen molar-refractivity contribution in [1.82, 2.24) is 20.1 Å². The van der Waals surface area contributed by atoms with Crippen LogP contribution in [0, 0.1) is 5.92 Å². The van der Waals surface area contributed by atoms with Crippen molar-refractivity contribution in [3.63, 3.8) is 0 Å². The number of fused-ring (bicyclic) bond motifs is 3. The summed E-state index contributed by atoms with van der Waals surface area (Å²) in [6.07, 6.45) is 9.39. The summed E-state index contributed by atoms with van der Waals surface area (Å²) < 4.78 is 19.5. The van der Waals surface area contributed by atoms with Gasteiger partial charge in [-0.15, -0.1) is 0 Å². The number of aromatic nitrogens is 1. The number of hydrogen-bond donors (Lipinski definition) is 3. The molecule has 2 aliphatic heterocycles. The van der Waals surface area contributed by atoms with Crippen molar-refractivity contribution in [2.45, 2.75) is 100 Å². The minimum absolute atomic E-state index is 0.0236. The van der Waals surface area contributed by atoms with Gasteiger partial charge in [0.05, 0.1) is 23.6 Å². The second-order valence-corrected chi connectivity index (χ2v) is 14.3. The number of carboxylic acids is 1. The van der Waals surface area contributed by atoms with E-state index >= 15 is 0 Å². The number of pyridine rings is 1. The van der Waals surface area contributed by atoms with E-state index in [0.717, 1.165) is 44.9 Å². The Morgan fingerprint density at radius 3 is 2.53 bits per heavy atom. The molecule has 49 heavy (non-hydrogen) atoms. The Morgan fingerprint density at radius 2 is 1.80 bits per heavy atom. The van der Waals surface area contributed by atoms with Crippen molar-refractivity contribution in [3.05, 3.63) is 45.2 Å². The number of aryl methyl sites for hydroxylation is 1. The molecule has 13 nitrogen and oxygen atoms in total. The Balaban J connectivity index is 1.31. The fourth-order valence-electron chi connectivity index (χ4n) is 7.39. The van der Waals surface area contributed by atoms with E-state index in [2.05, 4.69) is 26.6 Å². The molecule has 0 radical (unpaired) electrons. The van der Waals surface area contributed by atoms with Crippen molar-refractivity contribution in [2.75, 3.05) is 13.7 Å². The highest BCUT2D eigenvalue weighted by atomic mass is 79.9. The van der Waals surface area contributed by atoms with Crippen LogP contribution in [0.3, 0.4) is 0 Å². The summed E-state index contributed by atoms with van der Waals surface area (Å²) in [5.74, 6) is -1.78. The normalized spacial score (nSPS) is 27.8. The van der Waals surface area contributed by atoms with Gasteiger partial charge in [0.25, 0.3) is 5.56 Å². The number of benzene rings is 1. The van der Waals surface area contributed by atoms with E-state index in [9.17, 15) is 29.1 Å². The van der Waals surface area contributed by atoms with E-state index in [0.29, 0.717) is 34.0 Å². The molecule has 264 valence electrons. The Labute approximate surface area is 292 Å². The molecule has 4 aliphatic rings. The number of rotatable bonds is 6. The van der Waals surface area contributed by atoms with Gasteiger partial charge in [0, 0.05) is 30.8 Å².